The minimum atomic E-state index is 0. The summed E-state index contributed by atoms with van der Waals surface area (Å²) < 4.78 is 17.8. The number of rotatable bonds is 6. The molecule has 0 aromatic heterocycles. The summed E-state index contributed by atoms with van der Waals surface area (Å²) in [4.78, 5) is 4.82. The number of nitrogens with one attached hydrogen (secondary N) is 2. The van der Waals surface area contributed by atoms with E-state index in [-0.39, 0.29) is 30.1 Å². The molecule has 6 nitrogen and oxygen atoms in total. The van der Waals surface area contributed by atoms with E-state index in [1.54, 1.807) is 0 Å². The van der Waals surface area contributed by atoms with Crippen LogP contribution in [0.4, 0.5) is 0 Å². The van der Waals surface area contributed by atoms with Crippen molar-refractivity contribution in [2.45, 2.75) is 77.4 Å². The number of guanidine groups is 1. The summed E-state index contributed by atoms with van der Waals surface area (Å²) in [5.41, 5.74) is 2.29. The Morgan fingerprint density at radius 1 is 1.29 bits per heavy atom. The fourth-order valence-corrected chi connectivity index (χ4v) is 4.34. The van der Waals surface area contributed by atoms with Crippen molar-refractivity contribution in [3.8, 4) is 11.5 Å². The second-order valence-corrected chi connectivity index (χ2v) is 7.69. The van der Waals surface area contributed by atoms with Crippen LogP contribution in [0, 0.1) is 0 Å². The highest BCUT2D eigenvalue weighted by Gasteiger charge is 2.41. The Morgan fingerprint density at radius 2 is 2.14 bits per heavy atom. The highest BCUT2D eigenvalue weighted by atomic mass is 127. The van der Waals surface area contributed by atoms with E-state index in [0.29, 0.717) is 31.4 Å². The third-order valence-corrected chi connectivity index (χ3v) is 5.56. The first kappa shape index (κ1) is 21.5. The molecular formula is C21H32IN3O3. The molecule has 2 N–H and O–H groups in total. The molecule has 3 aliphatic rings. The Morgan fingerprint density at radius 3 is 2.82 bits per heavy atom. The first-order valence-corrected chi connectivity index (χ1v) is 10.3. The van der Waals surface area contributed by atoms with Gasteiger partial charge in [-0.3, -0.25) is 0 Å². The molecule has 0 saturated carbocycles. The van der Waals surface area contributed by atoms with Crippen LogP contribution in [0.25, 0.3) is 0 Å². The molecule has 156 valence electrons. The Labute approximate surface area is 184 Å². The van der Waals surface area contributed by atoms with Crippen molar-refractivity contribution in [1.29, 1.82) is 0 Å². The molecule has 0 aliphatic carbocycles. The van der Waals surface area contributed by atoms with Crippen LogP contribution in [-0.2, 0) is 17.7 Å². The van der Waals surface area contributed by atoms with Crippen LogP contribution in [-0.4, -0.2) is 43.5 Å². The monoisotopic (exact) mass is 501 g/mol. The van der Waals surface area contributed by atoms with Gasteiger partial charge in [0.25, 0.3) is 0 Å². The normalized spacial score (nSPS) is 27.8. The standard InChI is InChI=1S/C21H31N3O3.HI/c1-4-22-21(24-17-11-16-6-7-18(17)27-16)23-12-15-10-20-14(8-13(3)26-20)9-19(15)25-5-2;/h9-10,13,16-18H,4-8,11-12H2,1-3H3,(H2,22,23,24);1H. The number of hydrogen-bond acceptors (Lipinski definition) is 4. The van der Waals surface area contributed by atoms with Gasteiger partial charge in [-0.05, 0) is 52.2 Å². The molecule has 1 aromatic rings. The van der Waals surface area contributed by atoms with E-state index in [4.69, 9.17) is 19.2 Å². The molecule has 7 heteroatoms. The van der Waals surface area contributed by atoms with Gasteiger partial charge in [0.05, 0.1) is 31.4 Å². The van der Waals surface area contributed by atoms with E-state index >= 15 is 0 Å². The van der Waals surface area contributed by atoms with Gasteiger partial charge in [-0.2, -0.15) is 0 Å². The molecule has 2 bridgehead atoms. The van der Waals surface area contributed by atoms with Crippen LogP contribution in [0.2, 0.25) is 0 Å². The van der Waals surface area contributed by atoms with E-state index in [1.807, 2.05) is 6.92 Å². The minimum Gasteiger partial charge on any atom is -0.494 e. The molecule has 0 radical (unpaired) electrons. The lowest BCUT2D eigenvalue weighted by Crippen LogP contribution is -2.47. The molecule has 2 saturated heterocycles. The Balaban J connectivity index is 0.00000225. The molecule has 3 heterocycles. The van der Waals surface area contributed by atoms with Gasteiger partial charge >= 0.3 is 0 Å². The Kier molecular flexibility index (Phi) is 7.31. The second-order valence-electron chi connectivity index (χ2n) is 7.69. The fourth-order valence-electron chi connectivity index (χ4n) is 4.34. The van der Waals surface area contributed by atoms with E-state index < -0.39 is 0 Å². The summed E-state index contributed by atoms with van der Waals surface area (Å²) in [7, 11) is 0. The van der Waals surface area contributed by atoms with E-state index in [1.165, 1.54) is 12.0 Å². The maximum Gasteiger partial charge on any atom is 0.191 e. The lowest BCUT2D eigenvalue weighted by molar-refractivity contribution is 0.0992. The molecule has 2 fully saturated rings. The van der Waals surface area contributed by atoms with Crippen molar-refractivity contribution in [3.05, 3.63) is 23.3 Å². The first-order chi connectivity index (χ1) is 13.2. The highest BCUT2D eigenvalue weighted by molar-refractivity contribution is 14.0. The highest BCUT2D eigenvalue weighted by Crippen LogP contribution is 2.36. The zero-order valence-electron chi connectivity index (χ0n) is 17.0. The van der Waals surface area contributed by atoms with Crippen LogP contribution in [0.3, 0.4) is 0 Å². The summed E-state index contributed by atoms with van der Waals surface area (Å²) in [5, 5.41) is 6.93. The molecule has 4 unspecified atom stereocenters. The molecular weight excluding hydrogens is 469 g/mol. The molecule has 3 aliphatic heterocycles. The van der Waals surface area contributed by atoms with Gasteiger partial charge in [0, 0.05) is 24.1 Å². The lowest BCUT2D eigenvalue weighted by Gasteiger charge is -2.22. The average Bonchev–Trinajstić information content (AvgIpc) is 3.34. The molecule has 0 spiro atoms. The number of hydrogen-bond donors (Lipinski definition) is 2. The van der Waals surface area contributed by atoms with Crippen molar-refractivity contribution in [2.75, 3.05) is 13.2 Å². The Hall–Kier alpha value is -1.22. The first-order valence-electron chi connectivity index (χ1n) is 10.3. The average molecular weight is 501 g/mol. The number of halogens is 1. The zero-order valence-corrected chi connectivity index (χ0v) is 19.3. The topological polar surface area (TPSA) is 64.1 Å². The summed E-state index contributed by atoms with van der Waals surface area (Å²) in [6.07, 6.45) is 5.34. The molecule has 0 amide bonds. The molecule has 1 aromatic carbocycles. The van der Waals surface area contributed by atoms with E-state index in [2.05, 4.69) is 36.6 Å². The van der Waals surface area contributed by atoms with Gasteiger partial charge < -0.3 is 24.8 Å². The van der Waals surface area contributed by atoms with Crippen molar-refractivity contribution >= 4 is 29.9 Å². The summed E-state index contributed by atoms with van der Waals surface area (Å²) in [5.74, 6) is 2.73. The number of aliphatic imine (C=N–C) groups is 1. The Bertz CT molecular complexity index is 712. The van der Waals surface area contributed by atoms with Crippen molar-refractivity contribution < 1.29 is 14.2 Å². The molecule has 28 heavy (non-hydrogen) atoms. The van der Waals surface area contributed by atoms with Crippen molar-refractivity contribution in [2.24, 2.45) is 4.99 Å². The maximum atomic E-state index is 5.96. The summed E-state index contributed by atoms with van der Waals surface area (Å²) >= 11 is 0. The smallest absolute Gasteiger partial charge is 0.191 e. The van der Waals surface area contributed by atoms with Crippen LogP contribution in [0.1, 0.15) is 51.2 Å². The molecule has 4 atom stereocenters. The third kappa shape index (κ3) is 4.67. The van der Waals surface area contributed by atoms with E-state index in [0.717, 1.165) is 48.8 Å². The second kappa shape index (κ2) is 9.52. The summed E-state index contributed by atoms with van der Waals surface area (Å²) in [6, 6.07) is 4.58. The lowest BCUT2D eigenvalue weighted by atomic mass is 9.96. The van der Waals surface area contributed by atoms with Gasteiger partial charge in [-0.15, -0.1) is 24.0 Å². The van der Waals surface area contributed by atoms with Crippen LogP contribution >= 0.6 is 24.0 Å². The van der Waals surface area contributed by atoms with Gasteiger partial charge in [-0.25, -0.2) is 4.99 Å². The predicted octanol–water partition coefficient (Wildman–Crippen LogP) is 3.40. The quantitative estimate of drug-likeness (QED) is 0.356. The van der Waals surface area contributed by atoms with Gasteiger partial charge in [0.15, 0.2) is 5.96 Å². The third-order valence-electron chi connectivity index (χ3n) is 5.56. The van der Waals surface area contributed by atoms with E-state index in [9.17, 15) is 0 Å². The van der Waals surface area contributed by atoms with Crippen LogP contribution < -0.4 is 20.1 Å². The largest absolute Gasteiger partial charge is 0.494 e. The maximum absolute atomic E-state index is 5.96. The number of benzene rings is 1. The van der Waals surface area contributed by atoms with Crippen LogP contribution in [0.5, 0.6) is 11.5 Å². The number of ether oxygens (including phenoxy) is 3. The number of nitrogens with zero attached hydrogens (tertiary/aromatic N) is 1. The summed E-state index contributed by atoms with van der Waals surface area (Å²) in [6.45, 7) is 8.23. The fraction of sp³-hybridized carbons (Fsp3) is 0.667. The predicted molar refractivity (Wildman–Crippen MR) is 121 cm³/mol. The van der Waals surface area contributed by atoms with Crippen molar-refractivity contribution in [3.63, 3.8) is 0 Å². The van der Waals surface area contributed by atoms with Gasteiger partial charge in [-0.1, -0.05) is 0 Å². The van der Waals surface area contributed by atoms with Gasteiger partial charge in [0.2, 0.25) is 0 Å². The SMILES string of the molecule is CCNC(=NCc1cc2c(cc1OCC)CC(C)O2)NC1CC2CCC1O2.I. The van der Waals surface area contributed by atoms with Crippen LogP contribution in [0.15, 0.2) is 17.1 Å². The van der Waals surface area contributed by atoms with Crippen molar-refractivity contribution in [1.82, 2.24) is 10.6 Å². The minimum absolute atomic E-state index is 0. The molecule has 4 rings (SSSR count). The zero-order chi connectivity index (χ0) is 18.8. The number of fused-ring (bicyclic) bond motifs is 3. The van der Waals surface area contributed by atoms with Gasteiger partial charge in [0.1, 0.15) is 17.6 Å².